The number of halogens is 2. The van der Waals surface area contributed by atoms with Gasteiger partial charge in [0.15, 0.2) is 5.76 Å². The Morgan fingerprint density at radius 3 is 2.19 bits per heavy atom. The quantitative estimate of drug-likeness (QED) is 0.401. The van der Waals surface area contributed by atoms with Crippen molar-refractivity contribution in [2.24, 2.45) is 0 Å². The van der Waals surface area contributed by atoms with Gasteiger partial charge in [0.2, 0.25) is 11.7 Å². The van der Waals surface area contributed by atoms with Gasteiger partial charge in [0.25, 0.3) is 5.91 Å². The third kappa shape index (κ3) is 6.24. The Morgan fingerprint density at radius 2 is 1.62 bits per heavy atom. The van der Waals surface area contributed by atoms with Crippen LogP contribution in [0.25, 0.3) is 11.6 Å². The fourth-order valence-corrected chi connectivity index (χ4v) is 3.70. The summed E-state index contributed by atoms with van der Waals surface area (Å²) in [6.45, 7) is 6.79. The lowest BCUT2D eigenvalue weighted by Crippen LogP contribution is -2.50. The molecule has 0 saturated heterocycles. The number of tetrazole rings is 1. The number of carbonyl (C=O) groups is 2. The van der Waals surface area contributed by atoms with Gasteiger partial charge in [-0.3, -0.25) is 14.5 Å². The second-order valence-electron chi connectivity index (χ2n) is 9.49. The van der Waals surface area contributed by atoms with Crippen molar-refractivity contribution in [3.8, 4) is 11.6 Å². The Balaban J connectivity index is 1.74. The number of hydrogen-bond acceptors (Lipinski definition) is 6. The minimum Gasteiger partial charge on any atom is -0.458 e. The maximum atomic E-state index is 13.7. The van der Waals surface area contributed by atoms with Crippen LogP contribution >= 0.6 is 0 Å². The number of aromatic nitrogens is 4. The topological polar surface area (TPSA) is 106 Å². The number of nitrogens with zero attached hydrogens (tertiary/aromatic N) is 5. The molecule has 37 heavy (non-hydrogen) atoms. The number of anilines is 1. The summed E-state index contributed by atoms with van der Waals surface area (Å²) in [6.07, 6.45) is 0. The molecule has 0 aliphatic heterocycles. The van der Waals surface area contributed by atoms with Gasteiger partial charge in [0.05, 0.1) is 0 Å². The minimum atomic E-state index is -1.20. The van der Waals surface area contributed by atoms with Crippen molar-refractivity contribution in [2.45, 2.75) is 45.8 Å². The molecule has 0 radical (unpaired) electrons. The average Bonchev–Trinajstić information content (AvgIpc) is 3.46. The van der Waals surface area contributed by atoms with Gasteiger partial charge in [-0.25, -0.2) is 8.78 Å². The monoisotopic (exact) mass is 508 g/mol. The fraction of sp³-hybridized carbons (Fsp3) is 0.269. The summed E-state index contributed by atoms with van der Waals surface area (Å²) >= 11 is 0. The first-order valence-electron chi connectivity index (χ1n) is 11.5. The molecule has 2 amide bonds. The Labute approximate surface area is 212 Å². The summed E-state index contributed by atoms with van der Waals surface area (Å²) in [5.74, 6) is -0.845. The molecule has 0 saturated carbocycles. The Kier molecular flexibility index (Phi) is 7.14. The van der Waals surface area contributed by atoms with E-state index >= 15 is 0 Å². The smallest absolute Gasteiger partial charge is 0.251 e. The van der Waals surface area contributed by atoms with Crippen LogP contribution in [-0.4, -0.2) is 37.6 Å². The minimum absolute atomic E-state index is 0.190. The van der Waals surface area contributed by atoms with Crippen LogP contribution in [-0.2, 0) is 16.1 Å². The SMILES string of the molecule is Cc1ccc(-c2nnn(CC(=O)N(c3ccc(F)cc3)C(C(=O)NC(C)(C)C)c3ccc(F)cc3)n2)o1. The third-order valence-electron chi connectivity index (χ3n) is 5.25. The zero-order valence-corrected chi connectivity index (χ0v) is 20.8. The lowest BCUT2D eigenvalue weighted by atomic mass is 10.0. The van der Waals surface area contributed by atoms with E-state index in [9.17, 15) is 18.4 Å². The molecule has 0 bridgehead atoms. The number of carbonyl (C=O) groups excluding carboxylic acids is 2. The van der Waals surface area contributed by atoms with Crippen molar-refractivity contribution in [3.05, 3.63) is 83.6 Å². The molecular weight excluding hydrogens is 482 g/mol. The van der Waals surface area contributed by atoms with Gasteiger partial charge in [-0.2, -0.15) is 4.80 Å². The van der Waals surface area contributed by atoms with Crippen LogP contribution in [0.4, 0.5) is 14.5 Å². The maximum absolute atomic E-state index is 13.7. The molecule has 4 rings (SSSR count). The molecule has 0 spiro atoms. The summed E-state index contributed by atoms with van der Waals surface area (Å²) in [7, 11) is 0. The van der Waals surface area contributed by atoms with Crippen LogP contribution in [0.5, 0.6) is 0 Å². The molecule has 0 fully saturated rings. The predicted octanol–water partition coefficient (Wildman–Crippen LogP) is 4.21. The summed E-state index contributed by atoms with van der Waals surface area (Å²) in [6, 6.07) is 12.6. The first-order chi connectivity index (χ1) is 17.5. The summed E-state index contributed by atoms with van der Waals surface area (Å²) < 4.78 is 33.0. The van der Waals surface area contributed by atoms with E-state index in [1.807, 2.05) is 0 Å². The molecular formula is C26H26F2N6O3. The van der Waals surface area contributed by atoms with E-state index in [1.54, 1.807) is 39.8 Å². The van der Waals surface area contributed by atoms with Crippen LogP contribution in [0.15, 0.2) is 65.1 Å². The second kappa shape index (κ2) is 10.3. The number of furan rings is 1. The summed E-state index contributed by atoms with van der Waals surface area (Å²) in [5.41, 5.74) is -0.0120. The van der Waals surface area contributed by atoms with Gasteiger partial charge in [-0.05, 0) is 87.0 Å². The Morgan fingerprint density at radius 1 is 1.00 bits per heavy atom. The molecule has 2 aromatic heterocycles. The molecule has 0 aliphatic rings. The van der Waals surface area contributed by atoms with Crippen molar-refractivity contribution in [1.82, 2.24) is 25.5 Å². The maximum Gasteiger partial charge on any atom is 0.251 e. The number of amides is 2. The average molecular weight is 509 g/mol. The normalized spacial score (nSPS) is 12.3. The van der Waals surface area contributed by atoms with E-state index in [-0.39, 0.29) is 18.1 Å². The highest BCUT2D eigenvalue weighted by atomic mass is 19.1. The van der Waals surface area contributed by atoms with Crippen molar-refractivity contribution in [2.75, 3.05) is 4.90 Å². The predicted molar refractivity (Wildman–Crippen MR) is 131 cm³/mol. The van der Waals surface area contributed by atoms with Gasteiger partial charge in [-0.15, -0.1) is 10.2 Å². The number of hydrogen-bond donors (Lipinski definition) is 1. The number of aryl methyl sites for hydroxylation is 1. The first-order valence-corrected chi connectivity index (χ1v) is 11.5. The van der Waals surface area contributed by atoms with E-state index < -0.39 is 35.0 Å². The van der Waals surface area contributed by atoms with Crippen LogP contribution in [0.2, 0.25) is 0 Å². The van der Waals surface area contributed by atoms with E-state index in [0.717, 1.165) is 4.80 Å². The van der Waals surface area contributed by atoms with E-state index in [1.165, 1.54) is 53.4 Å². The second-order valence-corrected chi connectivity index (χ2v) is 9.49. The molecule has 2 aromatic carbocycles. The molecule has 9 nitrogen and oxygen atoms in total. The number of benzene rings is 2. The molecule has 1 unspecified atom stereocenters. The standard InChI is InChI=1S/C26H26F2N6O3/c1-16-5-14-21(37-16)24-30-32-33(31-24)15-22(35)34(20-12-10-19(28)11-13-20)23(25(36)29-26(2,3)4)17-6-8-18(27)9-7-17/h5-14,23H,15H2,1-4H3,(H,29,36). The fourth-order valence-electron chi connectivity index (χ4n) is 3.70. The number of rotatable bonds is 7. The van der Waals surface area contributed by atoms with Crippen LogP contribution < -0.4 is 10.2 Å². The van der Waals surface area contributed by atoms with Gasteiger partial charge >= 0.3 is 0 Å². The van der Waals surface area contributed by atoms with E-state index in [4.69, 9.17) is 4.42 Å². The molecule has 11 heteroatoms. The van der Waals surface area contributed by atoms with Crippen LogP contribution in [0, 0.1) is 18.6 Å². The lowest BCUT2D eigenvalue weighted by molar-refractivity contribution is -0.128. The van der Waals surface area contributed by atoms with Gasteiger partial charge in [0, 0.05) is 11.2 Å². The van der Waals surface area contributed by atoms with Crippen molar-refractivity contribution in [1.29, 1.82) is 0 Å². The molecule has 2 heterocycles. The Bertz CT molecular complexity index is 1390. The zero-order chi connectivity index (χ0) is 26.7. The van der Waals surface area contributed by atoms with Gasteiger partial charge in [-0.1, -0.05) is 12.1 Å². The van der Waals surface area contributed by atoms with Crippen molar-refractivity contribution < 1.29 is 22.8 Å². The summed E-state index contributed by atoms with van der Waals surface area (Å²) in [5, 5.41) is 15.0. The zero-order valence-electron chi connectivity index (χ0n) is 20.8. The molecule has 0 aliphatic carbocycles. The van der Waals surface area contributed by atoms with Crippen LogP contribution in [0.3, 0.4) is 0 Å². The molecule has 1 N–H and O–H groups in total. The molecule has 192 valence electrons. The number of nitrogens with one attached hydrogen (secondary N) is 1. The van der Waals surface area contributed by atoms with E-state index in [2.05, 4.69) is 20.7 Å². The largest absolute Gasteiger partial charge is 0.458 e. The summed E-state index contributed by atoms with van der Waals surface area (Å²) in [4.78, 5) is 29.6. The highest BCUT2D eigenvalue weighted by Gasteiger charge is 2.35. The Hall–Kier alpha value is -4.41. The highest BCUT2D eigenvalue weighted by molar-refractivity contribution is 6.01. The van der Waals surface area contributed by atoms with Gasteiger partial charge in [0.1, 0.15) is 30.0 Å². The lowest BCUT2D eigenvalue weighted by Gasteiger charge is -2.33. The molecule has 1 atom stereocenters. The first kappa shape index (κ1) is 25.7. The van der Waals surface area contributed by atoms with Crippen LogP contribution in [0.1, 0.15) is 38.1 Å². The van der Waals surface area contributed by atoms with Crippen molar-refractivity contribution >= 4 is 17.5 Å². The van der Waals surface area contributed by atoms with E-state index in [0.29, 0.717) is 17.1 Å². The van der Waals surface area contributed by atoms with Gasteiger partial charge < -0.3 is 9.73 Å². The molecule has 4 aromatic rings. The highest BCUT2D eigenvalue weighted by Crippen LogP contribution is 2.29. The third-order valence-corrected chi connectivity index (χ3v) is 5.25. The van der Waals surface area contributed by atoms with Crippen molar-refractivity contribution in [3.63, 3.8) is 0 Å².